The van der Waals surface area contributed by atoms with E-state index in [0.717, 1.165) is 18.0 Å². The van der Waals surface area contributed by atoms with Crippen LogP contribution in [0.15, 0.2) is 18.2 Å². The summed E-state index contributed by atoms with van der Waals surface area (Å²) in [6, 6.07) is 5.39. The summed E-state index contributed by atoms with van der Waals surface area (Å²) in [5, 5.41) is 0. The number of hydrogen-bond donors (Lipinski definition) is 0. The second kappa shape index (κ2) is 4.43. The number of carbonyl (C=O) groups excluding carboxylic acids is 1. The number of likely N-dealkylation sites (N-methyl/N-ethyl adjacent to an activating group) is 1. The summed E-state index contributed by atoms with van der Waals surface area (Å²) in [5.41, 5.74) is 1.55. The Morgan fingerprint density at radius 2 is 2.38 bits per heavy atom. The zero-order chi connectivity index (χ0) is 11.5. The van der Waals surface area contributed by atoms with Crippen LogP contribution < -0.4 is 9.64 Å². The standard InChI is InChI=1S/C12H15NO3/c1-3-15-12(14)9-4-5-10-11(8-9)16-7-6-13(10)2/h4-5,8H,3,6-7H2,1-2H3. The molecule has 1 heterocycles. The van der Waals surface area contributed by atoms with E-state index in [0.29, 0.717) is 18.8 Å². The van der Waals surface area contributed by atoms with E-state index >= 15 is 0 Å². The molecule has 0 saturated carbocycles. The van der Waals surface area contributed by atoms with Crippen molar-refractivity contribution in [2.24, 2.45) is 0 Å². The van der Waals surface area contributed by atoms with Gasteiger partial charge in [-0.25, -0.2) is 4.79 Å². The van der Waals surface area contributed by atoms with Crippen molar-refractivity contribution in [2.75, 3.05) is 31.7 Å². The predicted octanol–water partition coefficient (Wildman–Crippen LogP) is 1.69. The fraction of sp³-hybridized carbons (Fsp3) is 0.417. The highest BCUT2D eigenvalue weighted by atomic mass is 16.5. The number of anilines is 1. The molecule has 0 saturated heterocycles. The van der Waals surface area contributed by atoms with Crippen LogP contribution in [0.3, 0.4) is 0 Å². The van der Waals surface area contributed by atoms with Gasteiger partial charge in [-0.1, -0.05) is 0 Å². The molecule has 0 aromatic heterocycles. The average molecular weight is 221 g/mol. The SMILES string of the molecule is CCOC(=O)c1ccc2c(c1)OCCN2C. The number of carbonyl (C=O) groups is 1. The molecule has 0 radical (unpaired) electrons. The van der Waals surface area contributed by atoms with Crippen LogP contribution in [0.4, 0.5) is 5.69 Å². The zero-order valence-corrected chi connectivity index (χ0v) is 9.53. The molecule has 1 aliphatic heterocycles. The van der Waals surface area contributed by atoms with E-state index in [1.54, 1.807) is 19.1 Å². The maximum Gasteiger partial charge on any atom is 0.338 e. The normalized spacial score (nSPS) is 14.0. The fourth-order valence-electron chi connectivity index (χ4n) is 1.70. The smallest absolute Gasteiger partial charge is 0.338 e. The minimum Gasteiger partial charge on any atom is -0.490 e. The number of benzene rings is 1. The minimum atomic E-state index is -0.304. The molecule has 1 aromatic rings. The van der Waals surface area contributed by atoms with Gasteiger partial charge in [0.1, 0.15) is 12.4 Å². The molecule has 1 aliphatic rings. The van der Waals surface area contributed by atoms with Gasteiger partial charge in [0, 0.05) is 7.05 Å². The van der Waals surface area contributed by atoms with Crippen LogP contribution in [0.2, 0.25) is 0 Å². The summed E-state index contributed by atoms with van der Waals surface area (Å²) in [4.78, 5) is 13.6. The first-order chi connectivity index (χ1) is 7.72. The molecule has 86 valence electrons. The maximum atomic E-state index is 11.5. The Labute approximate surface area is 94.8 Å². The summed E-state index contributed by atoms with van der Waals surface area (Å²) in [6.07, 6.45) is 0. The molecule has 0 fully saturated rings. The van der Waals surface area contributed by atoms with Gasteiger partial charge in [-0.3, -0.25) is 0 Å². The highest BCUT2D eigenvalue weighted by molar-refractivity contribution is 5.91. The van der Waals surface area contributed by atoms with E-state index in [4.69, 9.17) is 9.47 Å². The Morgan fingerprint density at radius 3 is 3.12 bits per heavy atom. The molecule has 16 heavy (non-hydrogen) atoms. The molecule has 0 atom stereocenters. The molecule has 0 bridgehead atoms. The molecule has 0 aliphatic carbocycles. The van der Waals surface area contributed by atoms with Crippen molar-refractivity contribution >= 4 is 11.7 Å². The Kier molecular flexibility index (Phi) is 2.99. The van der Waals surface area contributed by atoms with Crippen molar-refractivity contribution in [2.45, 2.75) is 6.92 Å². The lowest BCUT2D eigenvalue weighted by atomic mass is 10.1. The molecule has 1 aromatic carbocycles. The number of hydrogen-bond acceptors (Lipinski definition) is 4. The predicted molar refractivity (Wildman–Crippen MR) is 61.2 cm³/mol. The molecular formula is C12H15NO3. The number of ether oxygens (including phenoxy) is 2. The van der Waals surface area contributed by atoms with E-state index < -0.39 is 0 Å². The molecule has 0 amide bonds. The molecule has 0 unspecified atom stereocenters. The first-order valence-corrected chi connectivity index (χ1v) is 5.37. The third-order valence-corrected chi connectivity index (χ3v) is 2.57. The zero-order valence-electron chi connectivity index (χ0n) is 9.53. The number of rotatable bonds is 2. The van der Waals surface area contributed by atoms with Crippen LogP contribution in [0, 0.1) is 0 Å². The minimum absolute atomic E-state index is 0.304. The van der Waals surface area contributed by atoms with E-state index in [2.05, 4.69) is 4.90 Å². The van der Waals surface area contributed by atoms with Crippen molar-refractivity contribution in [3.05, 3.63) is 23.8 Å². The van der Waals surface area contributed by atoms with Crippen molar-refractivity contribution in [3.8, 4) is 5.75 Å². The van der Waals surface area contributed by atoms with E-state index in [1.165, 1.54) is 0 Å². The maximum absolute atomic E-state index is 11.5. The van der Waals surface area contributed by atoms with Gasteiger partial charge >= 0.3 is 5.97 Å². The van der Waals surface area contributed by atoms with E-state index in [1.807, 2.05) is 13.1 Å². The van der Waals surface area contributed by atoms with E-state index in [-0.39, 0.29) is 5.97 Å². The van der Waals surface area contributed by atoms with Crippen LogP contribution in [-0.2, 0) is 4.74 Å². The van der Waals surface area contributed by atoms with Crippen LogP contribution in [0.1, 0.15) is 17.3 Å². The third-order valence-electron chi connectivity index (χ3n) is 2.57. The van der Waals surface area contributed by atoms with Crippen LogP contribution >= 0.6 is 0 Å². The molecule has 4 heteroatoms. The molecule has 4 nitrogen and oxygen atoms in total. The first-order valence-electron chi connectivity index (χ1n) is 5.37. The Morgan fingerprint density at radius 1 is 1.56 bits per heavy atom. The highest BCUT2D eigenvalue weighted by Gasteiger charge is 2.17. The Balaban J connectivity index is 2.28. The van der Waals surface area contributed by atoms with Gasteiger partial charge in [0.2, 0.25) is 0 Å². The lowest BCUT2D eigenvalue weighted by molar-refractivity contribution is 0.0526. The number of esters is 1. The van der Waals surface area contributed by atoms with Crippen molar-refractivity contribution < 1.29 is 14.3 Å². The number of fused-ring (bicyclic) bond motifs is 1. The highest BCUT2D eigenvalue weighted by Crippen LogP contribution is 2.31. The fourth-order valence-corrected chi connectivity index (χ4v) is 1.70. The average Bonchev–Trinajstić information content (AvgIpc) is 2.29. The second-order valence-electron chi connectivity index (χ2n) is 3.67. The van der Waals surface area contributed by atoms with Gasteiger partial charge in [0.05, 0.1) is 24.4 Å². The molecule has 2 rings (SSSR count). The number of nitrogens with zero attached hydrogens (tertiary/aromatic N) is 1. The second-order valence-corrected chi connectivity index (χ2v) is 3.67. The Hall–Kier alpha value is -1.71. The lowest BCUT2D eigenvalue weighted by Gasteiger charge is -2.27. The van der Waals surface area contributed by atoms with Gasteiger partial charge in [-0.15, -0.1) is 0 Å². The third kappa shape index (κ3) is 1.96. The van der Waals surface area contributed by atoms with Crippen LogP contribution in [-0.4, -0.2) is 32.8 Å². The van der Waals surface area contributed by atoms with Crippen LogP contribution in [0.25, 0.3) is 0 Å². The Bertz CT molecular complexity index is 403. The van der Waals surface area contributed by atoms with E-state index in [9.17, 15) is 4.79 Å². The largest absolute Gasteiger partial charge is 0.490 e. The summed E-state index contributed by atoms with van der Waals surface area (Å²) in [5.74, 6) is 0.446. The summed E-state index contributed by atoms with van der Waals surface area (Å²) in [7, 11) is 2.01. The molecule has 0 spiro atoms. The lowest BCUT2D eigenvalue weighted by Crippen LogP contribution is -2.28. The van der Waals surface area contributed by atoms with Crippen molar-refractivity contribution in [3.63, 3.8) is 0 Å². The van der Waals surface area contributed by atoms with Gasteiger partial charge in [-0.05, 0) is 25.1 Å². The monoisotopic (exact) mass is 221 g/mol. The quantitative estimate of drug-likeness (QED) is 0.712. The summed E-state index contributed by atoms with van der Waals surface area (Å²) in [6.45, 7) is 3.69. The van der Waals surface area contributed by atoms with Crippen molar-refractivity contribution in [1.29, 1.82) is 0 Å². The van der Waals surface area contributed by atoms with Crippen LogP contribution in [0.5, 0.6) is 5.75 Å². The molecule has 0 N–H and O–H groups in total. The van der Waals surface area contributed by atoms with Gasteiger partial charge in [0.25, 0.3) is 0 Å². The molecular weight excluding hydrogens is 206 g/mol. The first kappa shape index (κ1) is 10.8. The summed E-state index contributed by atoms with van der Waals surface area (Å²) >= 11 is 0. The van der Waals surface area contributed by atoms with Gasteiger partial charge in [-0.2, -0.15) is 0 Å². The van der Waals surface area contributed by atoms with Gasteiger partial charge < -0.3 is 14.4 Å². The van der Waals surface area contributed by atoms with Crippen molar-refractivity contribution in [1.82, 2.24) is 0 Å². The summed E-state index contributed by atoms with van der Waals surface area (Å²) < 4.78 is 10.5. The van der Waals surface area contributed by atoms with Gasteiger partial charge in [0.15, 0.2) is 0 Å². The topological polar surface area (TPSA) is 38.8 Å².